The van der Waals surface area contributed by atoms with Crippen molar-refractivity contribution in [2.45, 2.75) is 38.9 Å². The van der Waals surface area contributed by atoms with Gasteiger partial charge in [-0.2, -0.15) is 0 Å². The fourth-order valence-corrected chi connectivity index (χ4v) is 2.69. The third-order valence-corrected chi connectivity index (χ3v) is 8.19. The molecule has 106 valence electrons. The fourth-order valence-electron chi connectivity index (χ4n) is 1.23. The Morgan fingerprint density at radius 3 is 2.32 bits per heavy atom. The molecular formula is C13H18BrFO3Si. The summed E-state index contributed by atoms with van der Waals surface area (Å²) in [7, 11) is -2.29. The van der Waals surface area contributed by atoms with Crippen LogP contribution in [0.5, 0.6) is 5.75 Å². The quantitative estimate of drug-likeness (QED) is 0.807. The van der Waals surface area contributed by atoms with Crippen LogP contribution in [0.1, 0.15) is 31.1 Å². The summed E-state index contributed by atoms with van der Waals surface area (Å²) in [6, 6.07) is 2.57. The number of carbonyl (C=O) groups is 1. The topological polar surface area (TPSA) is 46.5 Å². The first kappa shape index (κ1) is 16.2. The van der Waals surface area contributed by atoms with Crippen molar-refractivity contribution < 1.29 is 18.7 Å². The molecule has 19 heavy (non-hydrogen) atoms. The van der Waals surface area contributed by atoms with Gasteiger partial charge in [0.05, 0.1) is 0 Å². The van der Waals surface area contributed by atoms with Crippen molar-refractivity contribution >= 4 is 30.2 Å². The second kappa shape index (κ2) is 5.24. The molecule has 0 amide bonds. The maximum Gasteiger partial charge on any atom is 0.339 e. The number of carboxylic acids is 1. The minimum absolute atomic E-state index is 0.137. The third-order valence-electron chi connectivity index (χ3n) is 3.40. The predicted octanol–water partition coefficient (Wildman–Crippen LogP) is 4.67. The summed E-state index contributed by atoms with van der Waals surface area (Å²) in [6.07, 6.45) is 0. The van der Waals surface area contributed by atoms with Gasteiger partial charge in [-0.15, -0.1) is 0 Å². The Balaban J connectivity index is 3.32. The van der Waals surface area contributed by atoms with Crippen LogP contribution in [0.3, 0.4) is 0 Å². The molecule has 0 spiro atoms. The van der Waals surface area contributed by atoms with Gasteiger partial charge in [-0.3, -0.25) is 0 Å². The van der Waals surface area contributed by atoms with Crippen molar-refractivity contribution in [3.8, 4) is 5.75 Å². The van der Waals surface area contributed by atoms with Crippen LogP contribution in [0.2, 0.25) is 18.1 Å². The molecular weight excluding hydrogens is 331 g/mol. The van der Waals surface area contributed by atoms with Gasteiger partial charge in [0.15, 0.2) is 11.6 Å². The van der Waals surface area contributed by atoms with E-state index in [4.69, 9.17) is 9.53 Å². The number of aromatic carboxylic acids is 1. The molecule has 1 aromatic carbocycles. The second-order valence-corrected chi connectivity index (χ2v) is 11.6. The van der Waals surface area contributed by atoms with Crippen LogP contribution >= 0.6 is 15.9 Å². The Morgan fingerprint density at radius 1 is 1.37 bits per heavy atom. The van der Waals surface area contributed by atoms with Crippen molar-refractivity contribution in [2.24, 2.45) is 0 Å². The van der Waals surface area contributed by atoms with E-state index >= 15 is 0 Å². The molecule has 0 atom stereocenters. The number of halogens is 2. The smallest absolute Gasteiger partial charge is 0.339 e. The lowest BCUT2D eigenvalue weighted by molar-refractivity contribution is 0.0693. The van der Waals surface area contributed by atoms with Gasteiger partial charge in [0.25, 0.3) is 8.32 Å². The zero-order valence-corrected chi connectivity index (χ0v) is 14.3. The minimum Gasteiger partial charge on any atom is -0.541 e. The third kappa shape index (κ3) is 3.57. The van der Waals surface area contributed by atoms with Crippen LogP contribution in [0, 0.1) is 5.82 Å². The van der Waals surface area contributed by atoms with E-state index in [1.54, 1.807) is 0 Å². The molecule has 1 aromatic rings. The maximum absolute atomic E-state index is 14.0. The lowest BCUT2D eigenvalue weighted by Crippen LogP contribution is -2.44. The molecule has 0 aliphatic carbocycles. The molecule has 0 heterocycles. The van der Waals surface area contributed by atoms with Gasteiger partial charge in [0, 0.05) is 4.47 Å². The lowest BCUT2D eigenvalue weighted by atomic mass is 10.2. The van der Waals surface area contributed by atoms with Crippen molar-refractivity contribution in [1.29, 1.82) is 0 Å². The Bertz CT molecular complexity index is 509. The summed E-state index contributed by atoms with van der Waals surface area (Å²) in [6.45, 7) is 9.92. The van der Waals surface area contributed by atoms with Crippen LogP contribution in [0.4, 0.5) is 4.39 Å². The first-order valence-electron chi connectivity index (χ1n) is 5.87. The van der Waals surface area contributed by atoms with E-state index < -0.39 is 20.1 Å². The van der Waals surface area contributed by atoms with Crippen LogP contribution in [-0.4, -0.2) is 19.4 Å². The summed E-state index contributed by atoms with van der Waals surface area (Å²) in [5.74, 6) is -2.02. The number of carboxylic acid groups (broad SMARTS) is 1. The molecule has 0 saturated heterocycles. The van der Waals surface area contributed by atoms with Gasteiger partial charge in [0.1, 0.15) is 5.56 Å². The van der Waals surface area contributed by atoms with Crippen molar-refractivity contribution in [3.63, 3.8) is 0 Å². The average Bonchev–Trinajstić information content (AvgIpc) is 2.19. The van der Waals surface area contributed by atoms with Gasteiger partial charge in [-0.05, 0) is 30.3 Å². The van der Waals surface area contributed by atoms with E-state index in [2.05, 4.69) is 15.9 Å². The molecule has 0 radical (unpaired) electrons. The van der Waals surface area contributed by atoms with E-state index in [0.29, 0.717) is 4.47 Å². The highest BCUT2D eigenvalue weighted by molar-refractivity contribution is 9.10. The Kier molecular flexibility index (Phi) is 4.46. The Morgan fingerprint density at radius 2 is 1.89 bits per heavy atom. The molecule has 0 unspecified atom stereocenters. The minimum atomic E-state index is -2.29. The highest BCUT2D eigenvalue weighted by Gasteiger charge is 2.40. The molecule has 0 fully saturated rings. The fraction of sp³-hybridized carbons (Fsp3) is 0.462. The van der Waals surface area contributed by atoms with Gasteiger partial charge >= 0.3 is 5.97 Å². The maximum atomic E-state index is 14.0. The van der Waals surface area contributed by atoms with Crippen LogP contribution in [0.15, 0.2) is 16.6 Å². The van der Waals surface area contributed by atoms with E-state index in [0.717, 1.165) is 0 Å². The highest BCUT2D eigenvalue weighted by Crippen LogP contribution is 2.39. The summed E-state index contributed by atoms with van der Waals surface area (Å²) in [5, 5.41) is 9.03. The number of hydrogen-bond acceptors (Lipinski definition) is 2. The summed E-state index contributed by atoms with van der Waals surface area (Å²) in [5.41, 5.74) is -0.156. The van der Waals surface area contributed by atoms with Gasteiger partial charge in [0.2, 0.25) is 0 Å². The first-order chi connectivity index (χ1) is 8.45. The molecule has 3 nitrogen and oxygen atoms in total. The van der Waals surface area contributed by atoms with Crippen molar-refractivity contribution in [3.05, 3.63) is 28.0 Å². The van der Waals surface area contributed by atoms with Crippen LogP contribution < -0.4 is 4.43 Å². The summed E-state index contributed by atoms with van der Waals surface area (Å²) < 4.78 is 20.2. The monoisotopic (exact) mass is 348 g/mol. The molecule has 6 heteroatoms. The number of benzene rings is 1. The first-order valence-corrected chi connectivity index (χ1v) is 9.57. The molecule has 0 aliphatic rings. The summed E-state index contributed by atoms with van der Waals surface area (Å²) >= 11 is 3.09. The Labute approximate surface area is 122 Å². The van der Waals surface area contributed by atoms with E-state index in [-0.39, 0.29) is 16.4 Å². The largest absolute Gasteiger partial charge is 0.541 e. The van der Waals surface area contributed by atoms with Crippen LogP contribution in [-0.2, 0) is 0 Å². The van der Waals surface area contributed by atoms with Gasteiger partial charge in [-0.1, -0.05) is 36.7 Å². The summed E-state index contributed by atoms with van der Waals surface area (Å²) in [4.78, 5) is 11.2. The number of rotatable bonds is 3. The normalized spacial score (nSPS) is 12.4. The second-order valence-electron chi connectivity index (χ2n) is 5.93. The van der Waals surface area contributed by atoms with Crippen LogP contribution in [0.25, 0.3) is 0 Å². The van der Waals surface area contributed by atoms with E-state index in [1.807, 2.05) is 33.9 Å². The zero-order valence-electron chi connectivity index (χ0n) is 11.7. The lowest BCUT2D eigenvalue weighted by Gasteiger charge is -2.36. The standard InChI is InChI=1S/C13H18BrFO3Si/c1-13(2,3)19(4,5)18-11-9(12(16)17)6-8(14)7-10(11)15/h6-7H,1-5H3,(H,16,17). The molecule has 0 aromatic heterocycles. The predicted molar refractivity (Wildman–Crippen MR) is 78.9 cm³/mol. The average molecular weight is 349 g/mol. The molecule has 0 aliphatic heterocycles. The Hall–Kier alpha value is -0.883. The van der Waals surface area contributed by atoms with E-state index in [1.165, 1.54) is 12.1 Å². The SMILES string of the molecule is CC(C)(C)[Si](C)(C)Oc1c(F)cc(Br)cc1C(=O)O. The zero-order chi connectivity index (χ0) is 15.0. The number of hydrogen-bond donors (Lipinski definition) is 1. The highest BCUT2D eigenvalue weighted by atomic mass is 79.9. The molecule has 1 rings (SSSR count). The van der Waals surface area contributed by atoms with Gasteiger partial charge < -0.3 is 9.53 Å². The van der Waals surface area contributed by atoms with Crippen molar-refractivity contribution in [2.75, 3.05) is 0 Å². The van der Waals surface area contributed by atoms with E-state index in [9.17, 15) is 9.18 Å². The van der Waals surface area contributed by atoms with Crippen molar-refractivity contribution in [1.82, 2.24) is 0 Å². The molecule has 0 saturated carbocycles. The van der Waals surface area contributed by atoms with Gasteiger partial charge in [-0.25, -0.2) is 9.18 Å². The molecule has 1 N–H and O–H groups in total. The molecule has 0 bridgehead atoms.